The quantitative estimate of drug-likeness (QED) is 0.173. The lowest BCUT2D eigenvalue weighted by molar-refractivity contribution is 0.630. The Balaban J connectivity index is 1.21. The van der Waals surface area contributed by atoms with E-state index in [1.54, 1.807) is 0 Å². The van der Waals surface area contributed by atoms with E-state index in [0.29, 0.717) is 0 Å². The predicted molar refractivity (Wildman–Crippen MR) is 233 cm³/mol. The first-order chi connectivity index (χ1) is 27.0. The van der Waals surface area contributed by atoms with Crippen LogP contribution in [0.1, 0.15) is 25.0 Å². The van der Waals surface area contributed by atoms with Gasteiger partial charge in [0.2, 0.25) is 0 Å². The zero-order valence-electron chi connectivity index (χ0n) is 30.9. The molecule has 0 atom stereocenters. The highest BCUT2D eigenvalue weighted by molar-refractivity contribution is 6.15. The van der Waals surface area contributed by atoms with Gasteiger partial charge in [0, 0.05) is 33.2 Å². The molecule has 2 nitrogen and oxygen atoms in total. The number of anilines is 3. The van der Waals surface area contributed by atoms with Crippen molar-refractivity contribution in [1.29, 1.82) is 0 Å². The van der Waals surface area contributed by atoms with Gasteiger partial charge in [0.05, 0.1) is 16.7 Å². The average Bonchev–Trinajstić information content (AvgIpc) is 3.57. The molecule has 9 aromatic carbocycles. The molecule has 0 fully saturated rings. The molecule has 1 aromatic heterocycles. The Labute approximate surface area is 321 Å². The van der Waals surface area contributed by atoms with Crippen LogP contribution in [0.2, 0.25) is 0 Å². The second-order valence-corrected chi connectivity index (χ2v) is 15.4. The van der Waals surface area contributed by atoms with Gasteiger partial charge in [-0.25, -0.2) is 0 Å². The van der Waals surface area contributed by atoms with Gasteiger partial charge in [-0.1, -0.05) is 141 Å². The third-order valence-corrected chi connectivity index (χ3v) is 11.9. The van der Waals surface area contributed by atoms with E-state index in [2.05, 4.69) is 217 Å². The van der Waals surface area contributed by atoms with Gasteiger partial charge in [-0.3, -0.25) is 0 Å². The first kappa shape index (κ1) is 31.6. The molecule has 55 heavy (non-hydrogen) atoms. The highest BCUT2D eigenvalue weighted by Gasteiger charge is 2.36. The van der Waals surface area contributed by atoms with Gasteiger partial charge in [0.1, 0.15) is 0 Å². The number of para-hydroxylation sites is 2. The van der Waals surface area contributed by atoms with E-state index in [-0.39, 0.29) is 5.41 Å². The van der Waals surface area contributed by atoms with Crippen molar-refractivity contribution in [3.8, 4) is 27.9 Å². The molecule has 0 saturated carbocycles. The van der Waals surface area contributed by atoms with Crippen molar-refractivity contribution in [3.63, 3.8) is 0 Å². The molecule has 2 heteroatoms. The number of hydrogen-bond acceptors (Lipinski definition) is 1. The minimum absolute atomic E-state index is 0.300. The molecule has 11 rings (SSSR count). The van der Waals surface area contributed by atoms with E-state index in [1.807, 2.05) is 0 Å². The number of benzene rings is 9. The summed E-state index contributed by atoms with van der Waals surface area (Å²) in [5.41, 5.74) is 14.5. The summed E-state index contributed by atoms with van der Waals surface area (Å²) in [6, 6.07) is 71.4. The summed E-state index contributed by atoms with van der Waals surface area (Å²) in [6.45, 7) is 4.82. The lowest BCUT2D eigenvalue weighted by Gasteiger charge is -2.36. The maximum absolute atomic E-state index is 2.54. The fraction of sp³-hybridized carbons (Fsp3) is 0.0566. The van der Waals surface area contributed by atoms with Crippen LogP contribution in [0.3, 0.4) is 0 Å². The van der Waals surface area contributed by atoms with Crippen LogP contribution in [-0.2, 0) is 5.41 Å². The summed E-state index contributed by atoms with van der Waals surface area (Å²) in [5, 5.41) is 7.62. The predicted octanol–water partition coefficient (Wildman–Crippen LogP) is 14.5. The van der Waals surface area contributed by atoms with Crippen LogP contribution in [0.4, 0.5) is 17.1 Å². The smallest absolute Gasteiger partial charge is 0.0582 e. The van der Waals surface area contributed by atoms with E-state index in [1.165, 1.54) is 82.4 Å². The summed E-state index contributed by atoms with van der Waals surface area (Å²) in [5.74, 6) is 0. The van der Waals surface area contributed by atoms with Crippen molar-refractivity contribution in [3.05, 3.63) is 205 Å². The Bertz CT molecular complexity index is 3070. The van der Waals surface area contributed by atoms with Gasteiger partial charge in [-0.05, 0) is 122 Å². The second-order valence-electron chi connectivity index (χ2n) is 15.4. The monoisotopic (exact) mass is 702 g/mol. The Kier molecular flexibility index (Phi) is 6.93. The molecule has 1 aliphatic heterocycles. The highest BCUT2D eigenvalue weighted by atomic mass is 15.1. The van der Waals surface area contributed by atoms with Crippen LogP contribution >= 0.6 is 0 Å². The summed E-state index contributed by atoms with van der Waals surface area (Å²) in [7, 11) is 0. The van der Waals surface area contributed by atoms with Crippen LogP contribution in [-0.4, -0.2) is 4.57 Å². The fourth-order valence-electron chi connectivity index (χ4n) is 9.26. The van der Waals surface area contributed by atoms with Gasteiger partial charge in [-0.2, -0.15) is 0 Å². The van der Waals surface area contributed by atoms with Gasteiger partial charge in [0.25, 0.3) is 0 Å². The van der Waals surface area contributed by atoms with E-state index in [4.69, 9.17) is 0 Å². The van der Waals surface area contributed by atoms with Gasteiger partial charge in [-0.15, -0.1) is 0 Å². The Morgan fingerprint density at radius 1 is 0.400 bits per heavy atom. The molecule has 0 unspecified atom stereocenters. The molecular formula is C53H38N2. The van der Waals surface area contributed by atoms with Gasteiger partial charge in [0.15, 0.2) is 0 Å². The van der Waals surface area contributed by atoms with Crippen LogP contribution in [0.25, 0.3) is 71.3 Å². The Morgan fingerprint density at radius 3 is 1.62 bits per heavy atom. The van der Waals surface area contributed by atoms with E-state index in [9.17, 15) is 0 Å². The van der Waals surface area contributed by atoms with E-state index in [0.717, 1.165) is 17.1 Å². The number of aromatic nitrogens is 1. The van der Waals surface area contributed by atoms with E-state index < -0.39 is 0 Å². The van der Waals surface area contributed by atoms with Crippen molar-refractivity contribution in [2.75, 3.05) is 4.90 Å². The third kappa shape index (κ3) is 4.81. The zero-order valence-corrected chi connectivity index (χ0v) is 30.9. The molecule has 0 N–H and O–H groups in total. The van der Waals surface area contributed by atoms with Crippen LogP contribution in [0.15, 0.2) is 194 Å². The molecule has 2 heterocycles. The second kappa shape index (κ2) is 12.1. The first-order valence-electron chi connectivity index (χ1n) is 19.2. The lowest BCUT2D eigenvalue weighted by Crippen LogP contribution is -2.27. The highest BCUT2D eigenvalue weighted by Crippen LogP contribution is 2.51. The summed E-state index contributed by atoms with van der Waals surface area (Å²) < 4.78 is 2.54. The molecule has 0 saturated heterocycles. The van der Waals surface area contributed by atoms with Crippen molar-refractivity contribution in [1.82, 2.24) is 4.57 Å². The lowest BCUT2D eigenvalue weighted by atomic mass is 9.73. The molecule has 0 aliphatic carbocycles. The summed E-state index contributed by atoms with van der Waals surface area (Å²) in [4.78, 5) is 2.37. The molecule has 0 radical (unpaired) electrons. The zero-order chi connectivity index (χ0) is 36.7. The number of nitrogens with zero attached hydrogens (tertiary/aromatic N) is 2. The normalized spacial score (nSPS) is 13.1. The van der Waals surface area contributed by atoms with Gasteiger partial charge >= 0.3 is 0 Å². The molecule has 260 valence electrons. The van der Waals surface area contributed by atoms with Crippen LogP contribution in [0.5, 0.6) is 0 Å². The number of rotatable bonds is 5. The summed E-state index contributed by atoms with van der Waals surface area (Å²) in [6.07, 6.45) is 0. The van der Waals surface area contributed by atoms with Crippen molar-refractivity contribution in [2.45, 2.75) is 19.3 Å². The van der Waals surface area contributed by atoms with Gasteiger partial charge < -0.3 is 9.47 Å². The average molecular weight is 703 g/mol. The van der Waals surface area contributed by atoms with Crippen LogP contribution < -0.4 is 4.90 Å². The molecule has 1 aliphatic rings. The van der Waals surface area contributed by atoms with Crippen molar-refractivity contribution >= 4 is 60.4 Å². The Hall–Kier alpha value is -6.90. The third-order valence-electron chi connectivity index (χ3n) is 11.9. The molecular weight excluding hydrogens is 665 g/mol. The van der Waals surface area contributed by atoms with E-state index >= 15 is 0 Å². The minimum atomic E-state index is -0.300. The number of hydrogen-bond donors (Lipinski definition) is 0. The standard InChI is InChI=1S/C53H38N2/c1-53(2)48-34-41(54(39-19-5-3-6-20-39)40-21-7-4-8-22-40)28-30-51(48)55-50-29-27-37(44-25-13-17-35-15-9-11-23-42(35)44)31-46(50)47-32-38(33-49(53)52(47)55)45-26-14-18-36-16-10-12-24-43(36)45/h3-34H,1-2H3. The van der Waals surface area contributed by atoms with Crippen molar-refractivity contribution < 1.29 is 0 Å². The topological polar surface area (TPSA) is 8.17 Å². The fourth-order valence-corrected chi connectivity index (χ4v) is 9.26. The molecule has 0 bridgehead atoms. The maximum atomic E-state index is 2.54. The first-order valence-corrected chi connectivity index (χ1v) is 19.2. The maximum Gasteiger partial charge on any atom is 0.0582 e. The largest absolute Gasteiger partial charge is 0.310 e. The summed E-state index contributed by atoms with van der Waals surface area (Å²) >= 11 is 0. The number of fused-ring (bicyclic) bond motifs is 7. The molecule has 0 amide bonds. The molecule has 0 spiro atoms. The van der Waals surface area contributed by atoms with Crippen LogP contribution in [0, 0.1) is 0 Å². The SMILES string of the molecule is CC1(C)c2cc(N(c3ccccc3)c3ccccc3)ccc2-n2c3ccc(-c4cccc5ccccc45)cc3c3cc(-c4cccc5ccccc45)cc1c32. The molecule has 10 aromatic rings. The Morgan fingerprint density at radius 2 is 0.964 bits per heavy atom. The van der Waals surface area contributed by atoms with Crippen molar-refractivity contribution in [2.24, 2.45) is 0 Å². The minimum Gasteiger partial charge on any atom is -0.310 e.